The van der Waals surface area contributed by atoms with Crippen molar-refractivity contribution < 1.29 is 4.79 Å². The van der Waals surface area contributed by atoms with Gasteiger partial charge < -0.3 is 5.32 Å². The van der Waals surface area contributed by atoms with Crippen LogP contribution in [0.25, 0.3) is 16.6 Å². The molecule has 1 N–H and O–H groups in total. The number of aromatic nitrogens is 4. The van der Waals surface area contributed by atoms with E-state index in [1.54, 1.807) is 4.68 Å². The fraction of sp³-hybridized carbons (Fsp3) is 0.500. The van der Waals surface area contributed by atoms with E-state index in [1.807, 2.05) is 44.2 Å². The molecule has 7 nitrogen and oxygen atoms in total. The first kappa shape index (κ1) is 21.3. The molecule has 1 aliphatic rings. The number of para-hydroxylation sites is 1. The molecule has 0 atom stereocenters. The lowest BCUT2D eigenvalue weighted by Gasteiger charge is -2.16. The number of carbonyl (C=O) groups excluding carboxylic acids is 1. The summed E-state index contributed by atoms with van der Waals surface area (Å²) in [4.78, 5) is 25.4. The Morgan fingerprint density at radius 3 is 2.48 bits per heavy atom. The topological polar surface area (TPSA) is 81.8 Å². The number of amides is 1. The molecule has 31 heavy (non-hydrogen) atoms. The Labute approximate surface area is 182 Å². The minimum atomic E-state index is -0.206. The van der Waals surface area contributed by atoms with Crippen molar-refractivity contribution in [3.8, 4) is 5.69 Å². The minimum absolute atomic E-state index is 0.0712. The molecule has 0 saturated heterocycles. The van der Waals surface area contributed by atoms with Crippen LogP contribution in [0.15, 0.2) is 35.1 Å². The van der Waals surface area contributed by atoms with Gasteiger partial charge in [-0.05, 0) is 45.2 Å². The molecule has 4 rings (SSSR count). The maximum Gasteiger partial charge on any atom is 0.295 e. The molecule has 1 aliphatic carbocycles. The zero-order valence-electron chi connectivity index (χ0n) is 18.4. The second-order valence-corrected chi connectivity index (χ2v) is 8.53. The highest BCUT2D eigenvalue weighted by atomic mass is 16.1. The second kappa shape index (κ2) is 9.45. The summed E-state index contributed by atoms with van der Waals surface area (Å²) < 4.78 is 3.25. The van der Waals surface area contributed by atoms with E-state index >= 15 is 0 Å². The van der Waals surface area contributed by atoms with Gasteiger partial charge in [0.25, 0.3) is 5.56 Å². The molecule has 1 saturated carbocycles. The molecule has 0 radical (unpaired) electrons. The molecule has 3 aromatic rings. The van der Waals surface area contributed by atoms with Crippen molar-refractivity contribution in [2.45, 2.75) is 77.8 Å². The first-order valence-electron chi connectivity index (χ1n) is 11.4. The van der Waals surface area contributed by atoms with Crippen LogP contribution in [0, 0.1) is 13.8 Å². The fourth-order valence-electron chi connectivity index (χ4n) is 4.57. The van der Waals surface area contributed by atoms with Crippen molar-refractivity contribution in [2.75, 3.05) is 0 Å². The van der Waals surface area contributed by atoms with E-state index in [-0.39, 0.29) is 11.5 Å². The number of hydrogen-bond acceptors (Lipinski definition) is 4. The lowest BCUT2D eigenvalue weighted by Crippen LogP contribution is -2.34. The van der Waals surface area contributed by atoms with Crippen LogP contribution in [-0.4, -0.2) is 31.5 Å². The molecule has 164 valence electrons. The molecular formula is C24H31N5O2. The molecule has 2 aromatic heterocycles. The second-order valence-electron chi connectivity index (χ2n) is 8.53. The van der Waals surface area contributed by atoms with Gasteiger partial charge in [-0.1, -0.05) is 43.9 Å². The minimum Gasteiger partial charge on any atom is -0.353 e. The summed E-state index contributed by atoms with van der Waals surface area (Å²) in [5.41, 5.74) is 2.81. The van der Waals surface area contributed by atoms with Gasteiger partial charge in [0.2, 0.25) is 5.91 Å². The summed E-state index contributed by atoms with van der Waals surface area (Å²) in [5, 5.41) is 13.1. The van der Waals surface area contributed by atoms with Crippen LogP contribution in [0.5, 0.6) is 0 Å². The van der Waals surface area contributed by atoms with Gasteiger partial charge in [-0.2, -0.15) is 10.2 Å². The van der Waals surface area contributed by atoms with Gasteiger partial charge in [-0.15, -0.1) is 0 Å². The molecule has 7 heteroatoms. The van der Waals surface area contributed by atoms with Gasteiger partial charge in [0.05, 0.1) is 22.5 Å². The van der Waals surface area contributed by atoms with E-state index in [9.17, 15) is 9.59 Å². The Balaban J connectivity index is 1.46. The Hall–Kier alpha value is -2.96. The third kappa shape index (κ3) is 4.70. The van der Waals surface area contributed by atoms with E-state index in [0.29, 0.717) is 30.9 Å². The smallest absolute Gasteiger partial charge is 0.295 e. The van der Waals surface area contributed by atoms with Crippen LogP contribution in [0.4, 0.5) is 0 Å². The highest BCUT2D eigenvalue weighted by Crippen LogP contribution is 2.21. The molecule has 2 heterocycles. The monoisotopic (exact) mass is 421 g/mol. The lowest BCUT2D eigenvalue weighted by atomic mass is 10.1. The summed E-state index contributed by atoms with van der Waals surface area (Å²) >= 11 is 0. The van der Waals surface area contributed by atoms with E-state index < -0.39 is 0 Å². The molecule has 1 amide bonds. The maximum atomic E-state index is 13.0. The Bertz CT molecular complexity index is 1110. The van der Waals surface area contributed by atoms with E-state index in [2.05, 4.69) is 15.5 Å². The van der Waals surface area contributed by atoms with Crippen LogP contribution in [-0.2, 0) is 11.3 Å². The molecule has 1 aromatic carbocycles. The number of benzene rings is 1. The van der Waals surface area contributed by atoms with E-state index in [1.165, 1.54) is 30.4 Å². The number of nitrogens with zero attached hydrogens (tertiary/aromatic N) is 4. The van der Waals surface area contributed by atoms with Crippen LogP contribution < -0.4 is 10.9 Å². The molecule has 0 bridgehead atoms. The van der Waals surface area contributed by atoms with Gasteiger partial charge in [-0.25, -0.2) is 9.36 Å². The van der Waals surface area contributed by atoms with E-state index in [4.69, 9.17) is 0 Å². The van der Waals surface area contributed by atoms with Crippen molar-refractivity contribution in [2.24, 2.45) is 0 Å². The van der Waals surface area contributed by atoms with Crippen LogP contribution in [0.2, 0.25) is 0 Å². The number of hydrogen-bond donors (Lipinski definition) is 1. The third-order valence-corrected chi connectivity index (χ3v) is 6.18. The zero-order valence-corrected chi connectivity index (χ0v) is 18.4. The Kier molecular flexibility index (Phi) is 6.49. The molecule has 0 unspecified atom stereocenters. The summed E-state index contributed by atoms with van der Waals surface area (Å²) in [5.74, 6) is 0.0712. The summed E-state index contributed by atoms with van der Waals surface area (Å²) in [7, 11) is 0. The maximum absolute atomic E-state index is 13.0. The predicted octanol–water partition coefficient (Wildman–Crippen LogP) is 3.82. The van der Waals surface area contributed by atoms with Gasteiger partial charge in [0, 0.05) is 19.0 Å². The highest BCUT2D eigenvalue weighted by molar-refractivity contribution is 5.83. The van der Waals surface area contributed by atoms with Gasteiger partial charge in [0.1, 0.15) is 0 Å². The average Bonchev–Trinajstić information content (AvgIpc) is 2.93. The summed E-state index contributed by atoms with van der Waals surface area (Å²) in [6.45, 7) is 4.27. The normalized spacial score (nSPS) is 15.2. The summed E-state index contributed by atoms with van der Waals surface area (Å²) in [6, 6.07) is 10.1. The Morgan fingerprint density at radius 1 is 1.06 bits per heavy atom. The van der Waals surface area contributed by atoms with Gasteiger partial charge in [-0.3, -0.25) is 9.59 Å². The summed E-state index contributed by atoms with van der Waals surface area (Å²) in [6.07, 6.45) is 8.05. The SMILES string of the molecule is Cc1nn(CCCC(=O)NC2CCCCCC2)c(=O)c2nn(-c3ccccc3)c(C)c12. The molecule has 1 fully saturated rings. The van der Waals surface area contributed by atoms with Crippen LogP contribution in [0.3, 0.4) is 0 Å². The molecule has 0 spiro atoms. The first-order chi connectivity index (χ1) is 15.0. The predicted molar refractivity (Wildman–Crippen MR) is 121 cm³/mol. The van der Waals surface area contributed by atoms with E-state index in [0.717, 1.165) is 35.3 Å². The van der Waals surface area contributed by atoms with Crippen molar-refractivity contribution in [1.29, 1.82) is 0 Å². The first-order valence-corrected chi connectivity index (χ1v) is 11.4. The number of rotatable bonds is 6. The standard InChI is InChI=1S/C24H31N5O2/c1-17-22-18(2)29(20-13-8-5-9-14-20)27-23(22)24(31)28(26-17)16-10-15-21(30)25-19-11-6-3-4-7-12-19/h5,8-9,13-14,19H,3-4,6-7,10-12,15-16H2,1-2H3,(H,25,30). The van der Waals surface area contributed by atoms with Crippen molar-refractivity contribution in [3.63, 3.8) is 0 Å². The quantitative estimate of drug-likeness (QED) is 0.614. The largest absolute Gasteiger partial charge is 0.353 e. The number of nitrogens with one attached hydrogen (secondary N) is 1. The van der Waals surface area contributed by atoms with Crippen LogP contribution in [0.1, 0.15) is 62.8 Å². The van der Waals surface area contributed by atoms with Crippen molar-refractivity contribution in [3.05, 3.63) is 52.1 Å². The fourth-order valence-corrected chi connectivity index (χ4v) is 4.57. The van der Waals surface area contributed by atoms with Crippen molar-refractivity contribution >= 4 is 16.8 Å². The number of carbonyl (C=O) groups is 1. The van der Waals surface area contributed by atoms with Crippen molar-refractivity contribution in [1.82, 2.24) is 24.9 Å². The van der Waals surface area contributed by atoms with Gasteiger partial charge in [0.15, 0.2) is 5.52 Å². The number of fused-ring (bicyclic) bond motifs is 1. The highest BCUT2D eigenvalue weighted by Gasteiger charge is 2.18. The van der Waals surface area contributed by atoms with Gasteiger partial charge >= 0.3 is 0 Å². The zero-order chi connectivity index (χ0) is 21.8. The third-order valence-electron chi connectivity index (χ3n) is 6.18. The average molecular weight is 422 g/mol. The Morgan fingerprint density at radius 2 is 1.77 bits per heavy atom. The van der Waals surface area contributed by atoms with Crippen LogP contribution >= 0.6 is 0 Å². The number of aryl methyl sites for hydroxylation is 3. The molecular weight excluding hydrogens is 390 g/mol. The molecule has 0 aliphatic heterocycles. The lowest BCUT2D eigenvalue weighted by molar-refractivity contribution is -0.122.